The monoisotopic (exact) mass is 275 g/mol. The normalized spacial score (nSPS) is 24.2. The van der Waals surface area contributed by atoms with E-state index in [4.69, 9.17) is 4.74 Å². The van der Waals surface area contributed by atoms with Crippen LogP contribution in [-0.2, 0) is 4.74 Å². The van der Waals surface area contributed by atoms with Crippen molar-refractivity contribution in [2.45, 2.75) is 44.2 Å². The average molecular weight is 275 g/mol. The third kappa shape index (κ3) is 3.70. The molecule has 1 aromatic heterocycles. The maximum absolute atomic E-state index is 5.66. The third-order valence-corrected chi connectivity index (χ3v) is 4.39. The second kappa shape index (κ2) is 7.04. The van der Waals surface area contributed by atoms with E-state index < -0.39 is 0 Å². The van der Waals surface area contributed by atoms with Crippen molar-refractivity contribution in [1.82, 2.24) is 10.3 Å². The Balaban J connectivity index is 1.36. The Labute approximate surface area is 121 Å². The van der Waals surface area contributed by atoms with Crippen molar-refractivity contribution < 1.29 is 4.74 Å². The van der Waals surface area contributed by atoms with Gasteiger partial charge in [0.25, 0.3) is 0 Å². The molecule has 2 aliphatic heterocycles. The van der Waals surface area contributed by atoms with Gasteiger partial charge in [-0.2, -0.15) is 0 Å². The Morgan fingerprint density at radius 2 is 2.15 bits per heavy atom. The van der Waals surface area contributed by atoms with Crippen LogP contribution in [0.15, 0.2) is 24.4 Å². The Morgan fingerprint density at radius 1 is 1.25 bits per heavy atom. The molecule has 0 aliphatic carbocycles. The van der Waals surface area contributed by atoms with Crippen LogP contribution in [0.25, 0.3) is 0 Å². The lowest BCUT2D eigenvalue weighted by molar-refractivity contribution is 0.103. The number of piperidine rings is 1. The standard InChI is InChI=1S/C16H25N3O/c1-2-9-18-16(5-1)19-11-7-14(8-12-19)17-10-6-15-4-3-13-20-15/h1-2,5,9,14-15,17H,3-4,6-8,10-13H2. The van der Waals surface area contributed by atoms with Crippen molar-refractivity contribution in [3.63, 3.8) is 0 Å². The minimum atomic E-state index is 0.510. The van der Waals surface area contributed by atoms with Gasteiger partial charge in [-0.15, -0.1) is 0 Å². The van der Waals surface area contributed by atoms with Crippen LogP contribution in [0.3, 0.4) is 0 Å². The zero-order valence-corrected chi connectivity index (χ0v) is 12.1. The average Bonchev–Trinajstić information content (AvgIpc) is 3.02. The van der Waals surface area contributed by atoms with Crippen LogP contribution in [-0.4, -0.2) is 43.4 Å². The molecule has 2 aliphatic rings. The van der Waals surface area contributed by atoms with Crippen LogP contribution >= 0.6 is 0 Å². The molecular formula is C16H25N3O. The molecule has 0 amide bonds. The number of rotatable bonds is 5. The van der Waals surface area contributed by atoms with Gasteiger partial charge in [-0.25, -0.2) is 4.98 Å². The maximum Gasteiger partial charge on any atom is 0.128 e. The number of hydrogen-bond donors (Lipinski definition) is 1. The molecule has 1 atom stereocenters. The highest BCUT2D eigenvalue weighted by Gasteiger charge is 2.20. The first kappa shape index (κ1) is 13.8. The number of pyridine rings is 1. The van der Waals surface area contributed by atoms with Crippen molar-refractivity contribution in [2.24, 2.45) is 0 Å². The molecule has 1 unspecified atom stereocenters. The fourth-order valence-electron chi connectivity index (χ4n) is 3.17. The molecule has 2 saturated heterocycles. The molecule has 0 saturated carbocycles. The zero-order valence-electron chi connectivity index (χ0n) is 12.1. The molecule has 0 spiro atoms. The van der Waals surface area contributed by atoms with Gasteiger partial charge >= 0.3 is 0 Å². The van der Waals surface area contributed by atoms with Gasteiger partial charge in [-0.3, -0.25) is 0 Å². The summed E-state index contributed by atoms with van der Waals surface area (Å²) in [5.74, 6) is 1.12. The second-order valence-electron chi connectivity index (χ2n) is 5.83. The fourth-order valence-corrected chi connectivity index (χ4v) is 3.17. The summed E-state index contributed by atoms with van der Waals surface area (Å²) in [6, 6.07) is 6.80. The first-order chi connectivity index (χ1) is 9.92. The predicted octanol–water partition coefficient (Wildman–Crippen LogP) is 2.21. The van der Waals surface area contributed by atoms with Crippen molar-refractivity contribution in [3.8, 4) is 0 Å². The Morgan fingerprint density at radius 3 is 2.85 bits per heavy atom. The predicted molar refractivity (Wildman–Crippen MR) is 81.1 cm³/mol. The van der Waals surface area contributed by atoms with Crippen LogP contribution in [0.2, 0.25) is 0 Å². The fraction of sp³-hybridized carbons (Fsp3) is 0.688. The molecule has 20 heavy (non-hydrogen) atoms. The second-order valence-corrected chi connectivity index (χ2v) is 5.83. The summed E-state index contributed by atoms with van der Waals surface area (Å²) < 4.78 is 5.66. The molecule has 4 nitrogen and oxygen atoms in total. The van der Waals surface area contributed by atoms with Crippen LogP contribution in [0.4, 0.5) is 5.82 Å². The first-order valence-corrected chi connectivity index (χ1v) is 7.93. The summed E-state index contributed by atoms with van der Waals surface area (Å²) in [6.07, 6.45) is 8.47. The molecule has 1 N–H and O–H groups in total. The molecule has 4 heteroatoms. The van der Waals surface area contributed by atoms with E-state index in [1.807, 2.05) is 12.3 Å². The Hall–Kier alpha value is -1.13. The van der Waals surface area contributed by atoms with E-state index in [0.29, 0.717) is 12.1 Å². The smallest absolute Gasteiger partial charge is 0.128 e. The minimum absolute atomic E-state index is 0.510. The zero-order chi connectivity index (χ0) is 13.6. The highest BCUT2D eigenvalue weighted by atomic mass is 16.5. The van der Waals surface area contributed by atoms with Gasteiger partial charge < -0.3 is 15.0 Å². The molecule has 1 aromatic rings. The highest BCUT2D eigenvalue weighted by molar-refractivity contribution is 5.38. The number of anilines is 1. The number of hydrogen-bond acceptors (Lipinski definition) is 4. The quantitative estimate of drug-likeness (QED) is 0.894. The summed E-state index contributed by atoms with van der Waals surface area (Å²) in [6.45, 7) is 4.27. The Kier molecular flexibility index (Phi) is 4.87. The molecular weight excluding hydrogens is 250 g/mol. The van der Waals surface area contributed by atoms with Gasteiger partial charge in [0.1, 0.15) is 5.82 Å². The van der Waals surface area contributed by atoms with Gasteiger partial charge in [-0.05, 0) is 50.8 Å². The summed E-state index contributed by atoms with van der Waals surface area (Å²) in [5.41, 5.74) is 0. The van der Waals surface area contributed by atoms with E-state index in [-0.39, 0.29) is 0 Å². The van der Waals surface area contributed by atoms with Gasteiger partial charge in [0.05, 0.1) is 6.10 Å². The van der Waals surface area contributed by atoms with E-state index in [9.17, 15) is 0 Å². The number of aromatic nitrogens is 1. The van der Waals surface area contributed by atoms with Crippen molar-refractivity contribution in [1.29, 1.82) is 0 Å². The van der Waals surface area contributed by atoms with Gasteiger partial charge in [-0.1, -0.05) is 6.07 Å². The molecule has 0 aromatic carbocycles. The summed E-state index contributed by atoms with van der Waals surface area (Å²) >= 11 is 0. The van der Waals surface area contributed by atoms with E-state index in [1.54, 1.807) is 0 Å². The molecule has 110 valence electrons. The largest absolute Gasteiger partial charge is 0.378 e. The lowest BCUT2D eigenvalue weighted by Crippen LogP contribution is -2.43. The van der Waals surface area contributed by atoms with Crippen LogP contribution in [0, 0.1) is 0 Å². The van der Waals surface area contributed by atoms with E-state index in [2.05, 4.69) is 27.3 Å². The maximum atomic E-state index is 5.66. The SMILES string of the molecule is c1ccc(N2CCC(NCCC3CCCO3)CC2)nc1. The minimum Gasteiger partial charge on any atom is -0.378 e. The lowest BCUT2D eigenvalue weighted by Gasteiger charge is -2.33. The van der Waals surface area contributed by atoms with Crippen molar-refractivity contribution in [2.75, 3.05) is 31.1 Å². The van der Waals surface area contributed by atoms with E-state index in [1.165, 1.54) is 32.1 Å². The highest BCUT2D eigenvalue weighted by Crippen LogP contribution is 2.18. The van der Waals surface area contributed by atoms with E-state index in [0.717, 1.165) is 32.1 Å². The topological polar surface area (TPSA) is 37.4 Å². The molecule has 3 heterocycles. The van der Waals surface area contributed by atoms with E-state index >= 15 is 0 Å². The number of nitrogens with zero attached hydrogens (tertiary/aromatic N) is 2. The molecule has 2 fully saturated rings. The number of nitrogens with one attached hydrogen (secondary N) is 1. The van der Waals surface area contributed by atoms with Gasteiger partial charge in [0.15, 0.2) is 0 Å². The van der Waals surface area contributed by atoms with Crippen molar-refractivity contribution in [3.05, 3.63) is 24.4 Å². The van der Waals surface area contributed by atoms with Gasteiger partial charge in [0.2, 0.25) is 0 Å². The van der Waals surface area contributed by atoms with Crippen LogP contribution in [0.1, 0.15) is 32.1 Å². The van der Waals surface area contributed by atoms with Gasteiger partial charge in [0, 0.05) is 31.9 Å². The van der Waals surface area contributed by atoms with Crippen LogP contribution in [0.5, 0.6) is 0 Å². The third-order valence-electron chi connectivity index (χ3n) is 4.39. The molecule has 0 radical (unpaired) electrons. The molecule has 0 bridgehead atoms. The van der Waals surface area contributed by atoms with Crippen molar-refractivity contribution >= 4 is 5.82 Å². The summed E-state index contributed by atoms with van der Waals surface area (Å²) in [7, 11) is 0. The lowest BCUT2D eigenvalue weighted by atomic mass is 10.0. The summed E-state index contributed by atoms with van der Waals surface area (Å²) in [5, 5.41) is 3.69. The molecule has 3 rings (SSSR count). The summed E-state index contributed by atoms with van der Waals surface area (Å²) in [4.78, 5) is 6.82. The Bertz CT molecular complexity index is 384. The number of ether oxygens (including phenoxy) is 1. The first-order valence-electron chi connectivity index (χ1n) is 7.93. The van der Waals surface area contributed by atoms with Crippen LogP contribution < -0.4 is 10.2 Å².